The van der Waals surface area contributed by atoms with Crippen molar-refractivity contribution in [3.8, 4) is 0 Å². The summed E-state index contributed by atoms with van der Waals surface area (Å²) < 4.78 is 0. The molecule has 1 aliphatic carbocycles. The highest BCUT2D eigenvalue weighted by Crippen LogP contribution is 2.34. The Morgan fingerprint density at radius 1 is 1.31 bits per heavy atom. The summed E-state index contributed by atoms with van der Waals surface area (Å²) >= 11 is 1.83. The normalized spacial score (nSPS) is 17.2. The molecule has 0 heterocycles. The van der Waals surface area contributed by atoms with Gasteiger partial charge in [-0.05, 0) is 44.2 Å². The molecule has 0 aromatic heterocycles. The molecule has 1 aromatic carbocycles. The van der Waals surface area contributed by atoms with Gasteiger partial charge in [-0.25, -0.2) is 0 Å². The van der Waals surface area contributed by atoms with Gasteiger partial charge >= 0.3 is 0 Å². The smallest absolute Gasteiger partial charge is 0.0544 e. The molecule has 0 aliphatic heterocycles. The fourth-order valence-corrected chi connectivity index (χ4v) is 3.04. The van der Waals surface area contributed by atoms with Gasteiger partial charge in [0.15, 0.2) is 0 Å². The minimum absolute atomic E-state index is 0.408. The van der Waals surface area contributed by atoms with Crippen LogP contribution < -0.4 is 5.32 Å². The van der Waals surface area contributed by atoms with Crippen LogP contribution in [0.3, 0.4) is 0 Å². The first-order chi connectivity index (χ1) is 7.86. The molecule has 1 nitrogen and oxygen atoms in total. The lowest BCUT2D eigenvalue weighted by atomic mass is 9.98. The van der Waals surface area contributed by atoms with Crippen LogP contribution in [0, 0.1) is 0 Å². The summed E-state index contributed by atoms with van der Waals surface area (Å²) in [6.45, 7) is 0. The summed E-state index contributed by atoms with van der Waals surface area (Å²) in [5.41, 5.74) is 2.98. The molecule has 2 heteroatoms. The van der Waals surface area contributed by atoms with Gasteiger partial charge in [-0.1, -0.05) is 29.8 Å². The summed E-state index contributed by atoms with van der Waals surface area (Å²) in [5, 5.41) is 3.45. The Morgan fingerprint density at radius 3 is 2.75 bits per heavy atom. The van der Waals surface area contributed by atoms with Crippen LogP contribution in [0.15, 0.2) is 40.8 Å². The van der Waals surface area contributed by atoms with Crippen molar-refractivity contribution in [1.29, 1.82) is 0 Å². The van der Waals surface area contributed by atoms with Crippen molar-refractivity contribution < 1.29 is 0 Å². The van der Waals surface area contributed by atoms with Crippen LogP contribution in [0.2, 0.25) is 0 Å². The standard InChI is InChI=1S/C14H19NS/c1-15-14(11-7-3-4-8-11)12-9-5-6-10-13(12)16-2/h5-7,9-10,14-15H,3-4,8H2,1-2H3. The van der Waals surface area contributed by atoms with Crippen LogP contribution >= 0.6 is 11.8 Å². The SMILES string of the molecule is CNC(C1=CCCC1)c1ccccc1SC. The van der Waals surface area contributed by atoms with E-state index in [1.165, 1.54) is 29.7 Å². The minimum atomic E-state index is 0.408. The summed E-state index contributed by atoms with van der Waals surface area (Å²) in [5.74, 6) is 0. The second-order valence-corrected chi connectivity index (χ2v) is 4.98. The highest BCUT2D eigenvalue weighted by molar-refractivity contribution is 7.98. The molecule has 0 amide bonds. The molecule has 86 valence electrons. The average molecular weight is 233 g/mol. The zero-order chi connectivity index (χ0) is 11.4. The van der Waals surface area contributed by atoms with Crippen LogP contribution in [0.25, 0.3) is 0 Å². The lowest BCUT2D eigenvalue weighted by Gasteiger charge is -2.20. The van der Waals surface area contributed by atoms with Crippen molar-refractivity contribution in [2.45, 2.75) is 30.2 Å². The van der Waals surface area contributed by atoms with Gasteiger partial charge in [-0.3, -0.25) is 0 Å². The van der Waals surface area contributed by atoms with E-state index in [2.05, 4.69) is 49.0 Å². The maximum absolute atomic E-state index is 3.45. The molecule has 0 radical (unpaired) electrons. The predicted molar refractivity (Wildman–Crippen MR) is 72.0 cm³/mol. The van der Waals surface area contributed by atoms with Crippen molar-refractivity contribution in [2.75, 3.05) is 13.3 Å². The Hall–Kier alpha value is -0.730. The number of nitrogens with one attached hydrogen (secondary N) is 1. The number of hydrogen-bond donors (Lipinski definition) is 1. The molecule has 1 aromatic rings. The van der Waals surface area contributed by atoms with Gasteiger partial charge in [0, 0.05) is 4.90 Å². The van der Waals surface area contributed by atoms with Gasteiger partial charge in [-0.2, -0.15) is 0 Å². The maximum atomic E-state index is 3.45. The molecule has 0 spiro atoms. The van der Waals surface area contributed by atoms with E-state index in [1.807, 2.05) is 11.8 Å². The molecule has 1 N–H and O–H groups in total. The van der Waals surface area contributed by atoms with Gasteiger partial charge in [0.2, 0.25) is 0 Å². The van der Waals surface area contributed by atoms with Crippen molar-refractivity contribution in [1.82, 2.24) is 5.32 Å². The maximum Gasteiger partial charge on any atom is 0.0544 e. The monoisotopic (exact) mass is 233 g/mol. The lowest BCUT2D eigenvalue weighted by molar-refractivity contribution is 0.646. The molecule has 0 bridgehead atoms. The number of benzene rings is 1. The van der Waals surface area contributed by atoms with E-state index in [0.29, 0.717) is 6.04 Å². The number of hydrogen-bond acceptors (Lipinski definition) is 2. The zero-order valence-corrected chi connectivity index (χ0v) is 10.8. The first kappa shape index (κ1) is 11.7. The predicted octanol–water partition coefficient (Wildman–Crippen LogP) is 3.78. The number of likely N-dealkylation sites (N-methyl/N-ethyl adjacent to an activating group) is 1. The molecule has 2 rings (SSSR count). The molecule has 1 aliphatic rings. The fraction of sp³-hybridized carbons (Fsp3) is 0.429. The highest BCUT2D eigenvalue weighted by atomic mass is 32.2. The molecule has 1 atom stereocenters. The zero-order valence-electron chi connectivity index (χ0n) is 9.99. The van der Waals surface area contributed by atoms with E-state index in [1.54, 1.807) is 5.57 Å². The third kappa shape index (κ3) is 2.33. The van der Waals surface area contributed by atoms with E-state index < -0.39 is 0 Å². The summed E-state index contributed by atoms with van der Waals surface area (Å²) in [6.07, 6.45) is 8.35. The van der Waals surface area contributed by atoms with Gasteiger partial charge in [0.05, 0.1) is 6.04 Å². The molecule has 1 unspecified atom stereocenters. The van der Waals surface area contributed by atoms with Crippen LogP contribution in [0.1, 0.15) is 30.9 Å². The van der Waals surface area contributed by atoms with Crippen molar-refractivity contribution in [3.05, 3.63) is 41.5 Å². The Kier molecular flexibility index (Phi) is 4.08. The van der Waals surface area contributed by atoms with Crippen LogP contribution in [0.5, 0.6) is 0 Å². The lowest BCUT2D eigenvalue weighted by Crippen LogP contribution is -2.18. The van der Waals surface area contributed by atoms with Crippen LogP contribution in [0.4, 0.5) is 0 Å². The minimum Gasteiger partial charge on any atom is -0.310 e. The first-order valence-corrected chi connectivity index (χ1v) is 7.08. The Morgan fingerprint density at radius 2 is 2.12 bits per heavy atom. The van der Waals surface area contributed by atoms with Crippen LogP contribution in [-0.4, -0.2) is 13.3 Å². The Labute approximate surface area is 102 Å². The first-order valence-electron chi connectivity index (χ1n) is 5.86. The summed E-state index contributed by atoms with van der Waals surface area (Å²) in [7, 11) is 2.06. The number of thioether (sulfide) groups is 1. The van der Waals surface area contributed by atoms with E-state index in [0.717, 1.165) is 0 Å². The largest absolute Gasteiger partial charge is 0.310 e. The van der Waals surface area contributed by atoms with Gasteiger partial charge in [-0.15, -0.1) is 11.8 Å². The quantitative estimate of drug-likeness (QED) is 0.627. The van der Waals surface area contributed by atoms with E-state index >= 15 is 0 Å². The second kappa shape index (κ2) is 5.55. The Balaban J connectivity index is 2.32. The van der Waals surface area contributed by atoms with E-state index in [9.17, 15) is 0 Å². The topological polar surface area (TPSA) is 12.0 Å². The molecule has 16 heavy (non-hydrogen) atoms. The molecular weight excluding hydrogens is 214 g/mol. The van der Waals surface area contributed by atoms with E-state index in [-0.39, 0.29) is 0 Å². The third-order valence-electron chi connectivity index (χ3n) is 3.19. The second-order valence-electron chi connectivity index (χ2n) is 4.13. The Bertz CT molecular complexity index is 384. The van der Waals surface area contributed by atoms with E-state index in [4.69, 9.17) is 0 Å². The number of rotatable bonds is 4. The average Bonchev–Trinajstić information content (AvgIpc) is 2.84. The third-order valence-corrected chi connectivity index (χ3v) is 4.00. The molecule has 0 saturated heterocycles. The van der Waals surface area contributed by atoms with Crippen molar-refractivity contribution in [3.63, 3.8) is 0 Å². The summed E-state index contributed by atoms with van der Waals surface area (Å²) in [4.78, 5) is 1.38. The molecular formula is C14H19NS. The van der Waals surface area contributed by atoms with Crippen molar-refractivity contribution >= 4 is 11.8 Å². The fourth-order valence-electron chi connectivity index (χ4n) is 2.40. The highest BCUT2D eigenvalue weighted by Gasteiger charge is 2.19. The molecule has 0 saturated carbocycles. The molecule has 0 fully saturated rings. The van der Waals surface area contributed by atoms with Gasteiger partial charge in [0.25, 0.3) is 0 Å². The van der Waals surface area contributed by atoms with Gasteiger partial charge in [0.1, 0.15) is 0 Å². The van der Waals surface area contributed by atoms with Crippen molar-refractivity contribution in [2.24, 2.45) is 0 Å². The van der Waals surface area contributed by atoms with Crippen LogP contribution in [-0.2, 0) is 0 Å². The summed E-state index contributed by atoms with van der Waals surface area (Å²) in [6, 6.07) is 9.11. The number of allylic oxidation sites excluding steroid dienone is 1. The van der Waals surface area contributed by atoms with Gasteiger partial charge < -0.3 is 5.32 Å².